The van der Waals surface area contributed by atoms with E-state index in [1.165, 1.54) is 60.3 Å². The van der Waals surface area contributed by atoms with Gasteiger partial charge in [0.2, 0.25) is 0 Å². The van der Waals surface area contributed by atoms with Crippen LogP contribution in [0.2, 0.25) is 0 Å². The van der Waals surface area contributed by atoms with Crippen LogP contribution in [0.3, 0.4) is 0 Å². The lowest BCUT2D eigenvalue weighted by atomic mass is 9.97. The molecule has 11 aromatic rings. The molecule has 0 aliphatic rings. The molecule has 0 saturated heterocycles. The number of fused-ring (bicyclic) bond motifs is 10. The van der Waals surface area contributed by atoms with Crippen LogP contribution in [-0.4, -0.2) is 9.13 Å². The highest BCUT2D eigenvalue weighted by Crippen LogP contribution is 2.47. The molecular formula is C48H30N2O. The molecule has 0 aliphatic carbocycles. The van der Waals surface area contributed by atoms with Gasteiger partial charge in [-0.25, -0.2) is 0 Å². The minimum Gasteiger partial charge on any atom is -0.456 e. The minimum absolute atomic E-state index is 0.899. The fraction of sp³-hybridized carbons (Fsp3) is 0. The Morgan fingerprint density at radius 3 is 1.67 bits per heavy atom. The van der Waals surface area contributed by atoms with Crippen molar-refractivity contribution in [2.24, 2.45) is 0 Å². The lowest BCUT2D eigenvalue weighted by molar-refractivity contribution is 0.669. The maximum Gasteiger partial charge on any atom is 0.135 e. The van der Waals surface area contributed by atoms with Crippen molar-refractivity contribution in [2.75, 3.05) is 0 Å². The zero-order chi connectivity index (χ0) is 33.5. The topological polar surface area (TPSA) is 23.0 Å². The number of benzene rings is 8. The van der Waals surface area contributed by atoms with Gasteiger partial charge in [0.05, 0.1) is 22.1 Å². The minimum atomic E-state index is 0.899. The van der Waals surface area contributed by atoms with Gasteiger partial charge in [0.1, 0.15) is 11.2 Å². The van der Waals surface area contributed by atoms with Crippen LogP contribution in [-0.2, 0) is 0 Å². The van der Waals surface area contributed by atoms with Gasteiger partial charge in [-0.2, -0.15) is 0 Å². The van der Waals surface area contributed by atoms with Gasteiger partial charge in [0.25, 0.3) is 0 Å². The predicted molar refractivity (Wildman–Crippen MR) is 213 cm³/mol. The average Bonchev–Trinajstić information content (AvgIpc) is 3.86. The third-order valence-electron chi connectivity index (χ3n) is 10.5. The van der Waals surface area contributed by atoms with Gasteiger partial charge in [-0.3, -0.25) is 0 Å². The summed E-state index contributed by atoms with van der Waals surface area (Å²) in [5.41, 5.74) is 13.6. The van der Waals surface area contributed by atoms with Crippen LogP contribution < -0.4 is 0 Å². The molecule has 3 heteroatoms. The van der Waals surface area contributed by atoms with Crippen LogP contribution in [0.4, 0.5) is 0 Å². The molecule has 0 aliphatic heterocycles. The first-order chi connectivity index (χ1) is 25.3. The number of rotatable bonds is 4. The zero-order valence-corrected chi connectivity index (χ0v) is 27.6. The van der Waals surface area contributed by atoms with Crippen LogP contribution in [0.25, 0.3) is 99.2 Å². The molecule has 11 rings (SSSR count). The van der Waals surface area contributed by atoms with Gasteiger partial charge in [0.15, 0.2) is 0 Å². The quantitative estimate of drug-likeness (QED) is 0.186. The van der Waals surface area contributed by atoms with Crippen molar-refractivity contribution < 1.29 is 4.42 Å². The molecule has 0 saturated carbocycles. The Morgan fingerprint density at radius 1 is 0.333 bits per heavy atom. The van der Waals surface area contributed by atoms with E-state index in [-0.39, 0.29) is 0 Å². The summed E-state index contributed by atoms with van der Waals surface area (Å²) in [6, 6.07) is 65.5. The Hall–Kier alpha value is -6.84. The van der Waals surface area contributed by atoms with Crippen molar-refractivity contribution in [1.82, 2.24) is 9.13 Å². The number of nitrogens with zero attached hydrogens (tertiary/aromatic N) is 2. The maximum atomic E-state index is 6.28. The Labute approximate surface area is 293 Å². The van der Waals surface area contributed by atoms with Crippen LogP contribution >= 0.6 is 0 Å². The normalized spacial score (nSPS) is 11.9. The van der Waals surface area contributed by atoms with Crippen molar-refractivity contribution >= 4 is 65.6 Å². The van der Waals surface area contributed by atoms with E-state index in [4.69, 9.17) is 4.42 Å². The second kappa shape index (κ2) is 10.8. The van der Waals surface area contributed by atoms with E-state index in [1.54, 1.807) is 0 Å². The summed E-state index contributed by atoms with van der Waals surface area (Å²) < 4.78 is 11.2. The molecule has 0 spiro atoms. The highest BCUT2D eigenvalue weighted by molar-refractivity contribution is 6.29. The van der Waals surface area contributed by atoms with Crippen LogP contribution in [0.15, 0.2) is 186 Å². The van der Waals surface area contributed by atoms with Crippen LogP contribution in [0, 0.1) is 0 Å². The van der Waals surface area contributed by atoms with Crippen molar-refractivity contribution in [3.8, 4) is 33.6 Å². The van der Waals surface area contributed by atoms with E-state index in [0.29, 0.717) is 0 Å². The van der Waals surface area contributed by atoms with Crippen molar-refractivity contribution in [1.29, 1.82) is 0 Å². The smallest absolute Gasteiger partial charge is 0.135 e. The average molecular weight is 651 g/mol. The third kappa shape index (κ3) is 4.12. The Kier molecular flexibility index (Phi) is 5.96. The predicted octanol–water partition coefficient (Wildman–Crippen LogP) is 13.1. The standard InChI is InChI=1S/C48H30N2O/c1-3-13-31(14-4-1)32-23-26-35(27-24-32)50-42-20-10-7-17-36(42)41-30-39(33-25-28-45-40(29-33)37-18-9-12-22-44(37)51-45)47-46(48(41)50)38-19-8-11-21-43(38)49(47)34-15-5-2-6-16-34/h1-30H. The second-order valence-corrected chi connectivity index (χ2v) is 13.3. The van der Waals surface area contributed by atoms with Crippen LogP contribution in [0.5, 0.6) is 0 Å². The van der Waals surface area contributed by atoms with E-state index < -0.39 is 0 Å². The van der Waals surface area contributed by atoms with Gasteiger partial charge in [-0.1, -0.05) is 121 Å². The van der Waals surface area contributed by atoms with Crippen molar-refractivity contribution in [3.05, 3.63) is 182 Å². The van der Waals surface area contributed by atoms with E-state index >= 15 is 0 Å². The summed E-state index contributed by atoms with van der Waals surface area (Å²) in [6.45, 7) is 0. The molecule has 0 atom stereocenters. The fourth-order valence-electron chi connectivity index (χ4n) is 8.27. The number of hydrogen-bond acceptors (Lipinski definition) is 1. The monoisotopic (exact) mass is 650 g/mol. The summed E-state index contributed by atoms with van der Waals surface area (Å²) in [6.07, 6.45) is 0. The summed E-state index contributed by atoms with van der Waals surface area (Å²) >= 11 is 0. The molecule has 3 aromatic heterocycles. The molecule has 3 nitrogen and oxygen atoms in total. The third-order valence-corrected chi connectivity index (χ3v) is 10.5. The highest BCUT2D eigenvalue weighted by Gasteiger charge is 2.24. The number of para-hydroxylation sites is 4. The molecule has 0 unspecified atom stereocenters. The van der Waals surface area contributed by atoms with E-state index in [0.717, 1.165) is 38.9 Å². The molecule has 3 heterocycles. The summed E-state index contributed by atoms with van der Waals surface area (Å²) in [5, 5.41) is 7.18. The fourth-order valence-corrected chi connectivity index (χ4v) is 8.27. The number of hydrogen-bond donors (Lipinski definition) is 0. The van der Waals surface area contributed by atoms with Gasteiger partial charge < -0.3 is 13.6 Å². The molecule has 0 fully saturated rings. The first kappa shape index (κ1) is 28.0. The van der Waals surface area contributed by atoms with Gasteiger partial charge >= 0.3 is 0 Å². The molecule has 51 heavy (non-hydrogen) atoms. The molecule has 0 bridgehead atoms. The van der Waals surface area contributed by atoms with Gasteiger partial charge in [0, 0.05) is 49.3 Å². The Bertz CT molecular complexity index is 3110. The molecular weight excluding hydrogens is 621 g/mol. The first-order valence-corrected chi connectivity index (χ1v) is 17.4. The summed E-state index contributed by atoms with van der Waals surface area (Å²) in [4.78, 5) is 0. The zero-order valence-electron chi connectivity index (χ0n) is 27.6. The Balaban J connectivity index is 1.31. The van der Waals surface area contributed by atoms with E-state index in [1.807, 2.05) is 12.1 Å². The SMILES string of the molecule is c1ccc(-c2ccc(-n3c4ccccc4c4cc(-c5ccc6oc7ccccc7c6c5)c5c(c6ccccc6n5-c5ccccc5)c43)cc2)cc1. The largest absolute Gasteiger partial charge is 0.456 e. The summed E-state index contributed by atoms with van der Waals surface area (Å²) in [7, 11) is 0. The highest BCUT2D eigenvalue weighted by atomic mass is 16.3. The summed E-state index contributed by atoms with van der Waals surface area (Å²) in [5.74, 6) is 0. The van der Waals surface area contributed by atoms with Crippen LogP contribution in [0.1, 0.15) is 0 Å². The van der Waals surface area contributed by atoms with E-state index in [9.17, 15) is 0 Å². The van der Waals surface area contributed by atoms with Gasteiger partial charge in [-0.15, -0.1) is 0 Å². The Morgan fingerprint density at radius 2 is 0.882 bits per heavy atom. The van der Waals surface area contributed by atoms with Crippen molar-refractivity contribution in [2.45, 2.75) is 0 Å². The first-order valence-electron chi connectivity index (χ1n) is 17.4. The molecule has 0 N–H and O–H groups in total. The molecule has 238 valence electrons. The lowest BCUT2D eigenvalue weighted by Crippen LogP contribution is -1.97. The maximum absolute atomic E-state index is 6.28. The molecule has 0 amide bonds. The lowest BCUT2D eigenvalue weighted by Gasteiger charge is -2.14. The number of furan rings is 1. The van der Waals surface area contributed by atoms with Gasteiger partial charge in [-0.05, 0) is 77.4 Å². The van der Waals surface area contributed by atoms with Crippen molar-refractivity contribution in [3.63, 3.8) is 0 Å². The molecule has 8 aromatic carbocycles. The van der Waals surface area contributed by atoms with E-state index in [2.05, 4.69) is 179 Å². The molecule has 0 radical (unpaired) electrons. The second-order valence-electron chi connectivity index (χ2n) is 13.3. The number of aromatic nitrogens is 2.